The lowest BCUT2D eigenvalue weighted by Crippen LogP contribution is -1.71. The number of thiol groups is 1. The highest BCUT2D eigenvalue weighted by Crippen LogP contribution is 2.32. The van der Waals surface area contributed by atoms with Crippen LogP contribution in [0.5, 0.6) is 0 Å². The molecule has 0 fully saturated rings. The maximum absolute atomic E-state index is 10.3. The molecule has 0 bridgehead atoms. The largest absolute Gasteiger partial charge is 0.226 e. The summed E-state index contributed by atoms with van der Waals surface area (Å²) in [4.78, 5) is 0. The molecule has 0 unspecified atom stereocenters. The quantitative estimate of drug-likeness (QED) is 0.730. The normalized spacial score (nSPS) is 10.7. The van der Waals surface area contributed by atoms with Gasteiger partial charge < -0.3 is 0 Å². The molecule has 56 valence electrons. The molecule has 0 atom stereocenters. The van der Waals surface area contributed by atoms with Crippen LogP contribution in [0.25, 0.3) is 0 Å². The molecule has 0 saturated heterocycles. The van der Waals surface area contributed by atoms with Crippen molar-refractivity contribution in [3.63, 3.8) is 0 Å². The topological polar surface area (TPSA) is 34.1 Å². The Morgan fingerprint density at radius 2 is 2.00 bits per heavy atom. The Morgan fingerprint density at radius 3 is 2.20 bits per heavy atom. The van der Waals surface area contributed by atoms with Gasteiger partial charge in [-0.3, -0.25) is 0 Å². The Morgan fingerprint density at radius 1 is 1.40 bits per heavy atom. The average molecular weight is 217 g/mol. The summed E-state index contributed by atoms with van der Waals surface area (Å²) in [6.45, 7) is 0. The second-order valence-electron chi connectivity index (χ2n) is 1.46. The molecule has 0 aliphatic carbocycles. The van der Waals surface area contributed by atoms with Gasteiger partial charge in [0.25, 0.3) is 0 Å². The highest BCUT2D eigenvalue weighted by molar-refractivity contribution is 7.75. The summed E-state index contributed by atoms with van der Waals surface area (Å²) in [6.07, 6.45) is 0. The van der Waals surface area contributed by atoms with Gasteiger partial charge in [0.1, 0.15) is 4.21 Å². The lowest BCUT2D eigenvalue weighted by atomic mass is 10.7. The van der Waals surface area contributed by atoms with Gasteiger partial charge in [-0.15, -0.1) is 11.3 Å². The van der Waals surface area contributed by atoms with Crippen LogP contribution in [0.4, 0.5) is 0 Å². The molecule has 10 heavy (non-hydrogen) atoms. The smallest absolute Gasteiger partial charge is 0.179 e. The third-order valence-corrected chi connectivity index (χ3v) is 4.10. The van der Waals surface area contributed by atoms with Gasteiger partial charge in [-0.05, 0) is 0 Å². The fourth-order valence-corrected chi connectivity index (χ4v) is 2.58. The van der Waals surface area contributed by atoms with Crippen molar-refractivity contribution in [1.29, 1.82) is 0 Å². The van der Waals surface area contributed by atoms with E-state index >= 15 is 0 Å². The fourth-order valence-electron chi connectivity index (χ4n) is 0.436. The molecular weight excluding hydrogens is 215 g/mol. The minimum absolute atomic E-state index is 0.127. The standard InChI is InChI=1S/C4H2Cl2O2S2/c5-2-1-9-4(3(2)6)10(7)8/h1,10H. The van der Waals surface area contributed by atoms with Crippen LogP contribution < -0.4 is 0 Å². The maximum Gasteiger partial charge on any atom is 0.179 e. The van der Waals surface area contributed by atoms with E-state index in [4.69, 9.17) is 23.2 Å². The first-order valence-corrected chi connectivity index (χ1v) is 5.01. The molecule has 0 spiro atoms. The first kappa shape index (κ1) is 8.33. The first-order valence-electron chi connectivity index (χ1n) is 2.20. The summed E-state index contributed by atoms with van der Waals surface area (Å²) < 4.78 is 20.8. The van der Waals surface area contributed by atoms with Crippen molar-refractivity contribution in [1.82, 2.24) is 0 Å². The van der Waals surface area contributed by atoms with Gasteiger partial charge in [0, 0.05) is 5.38 Å². The van der Waals surface area contributed by atoms with Crippen LogP contribution in [0.15, 0.2) is 9.59 Å². The van der Waals surface area contributed by atoms with Crippen LogP contribution in [0.1, 0.15) is 0 Å². The molecule has 0 aliphatic rings. The number of thiophene rings is 1. The van der Waals surface area contributed by atoms with Gasteiger partial charge in [-0.25, -0.2) is 8.42 Å². The molecule has 0 radical (unpaired) electrons. The zero-order valence-corrected chi connectivity index (χ0v) is 7.73. The number of hydrogen-bond donors (Lipinski definition) is 1. The zero-order valence-electron chi connectivity index (χ0n) is 4.51. The lowest BCUT2D eigenvalue weighted by Gasteiger charge is -1.82. The Hall–Kier alpha value is 0.230. The molecule has 1 rings (SSSR count). The van der Waals surface area contributed by atoms with E-state index in [1.54, 1.807) is 0 Å². The van der Waals surface area contributed by atoms with Crippen LogP contribution in [0.3, 0.4) is 0 Å². The molecule has 2 nitrogen and oxygen atoms in total. The highest BCUT2D eigenvalue weighted by atomic mass is 35.5. The van der Waals surface area contributed by atoms with E-state index in [2.05, 4.69) is 0 Å². The van der Waals surface area contributed by atoms with E-state index < -0.39 is 10.7 Å². The van der Waals surface area contributed by atoms with Gasteiger partial charge in [0.05, 0.1) is 10.0 Å². The molecular formula is C4H2Cl2O2S2. The Labute approximate surface area is 73.3 Å². The van der Waals surface area contributed by atoms with Crippen molar-refractivity contribution in [3.8, 4) is 0 Å². The van der Waals surface area contributed by atoms with Crippen molar-refractivity contribution in [3.05, 3.63) is 15.4 Å². The fraction of sp³-hybridized carbons (Fsp3) is 0. The first-order chi connectivity index (χ1) is 4.63. The molecule has 1 aromatic rings. The maximum atomic E-state index is 10.3. The van der Waals surface area contributed by atoms with Gasteiger partial charge in [0.15, 0.2) is 10.7 Å². The van der Waals surface area contributed by atoms with Crippen LogP contribution in [0.2, 0.25) is 10.0 Å². The van der Waals surface area contributed by atoms with Crippen LogP contribution >= 0.6 is 34.5 Å². The molecule has 1 heterocycles. The second kappa shape index (κ2) is 3.09. The van der Waals surface area contributed by atoms with Crippen molar-refractivity contribution in [2.45, 2.75) is 4.21 Å². The van der Waals surface area contributed by atoms with Crippen molar-refractivity contribution < 1.29 is 8.42 Å². The minimum Gasteiger partial charge on any atom is -0.226 e. The zero-order chi connectivity index (χ0) is 7.72. The summed E-state index contributed by atoms with van der Waals surface area (Å²) in [7, 11) is -2.59. The molecule has 0 aliphatic heterocycles. The molecule has 0 amide bonds. The Balaban J connectivity index is 3.31. The highest BCUT2D eigenvalue weighted by Gasteiger charge is 2.08. The summed E-state index contributed by atoms with van der Waals surface area (Å²) in [5, 5.41) is 1.91. The molecule has 0 saturated carbocycles. The minimum atomic E-state index is -2.59. The molecule has 1 aromatic heterocycles. The summed E-state index contributed by atoms with van der Waals surface area (Å²) in [6, 6.07) is 0. The lowest BCUT2D eigenvalue weighted by molar-refractivity contribution is 0.616. The van der Waals surface area contributed by atoms with E-state index in [0.717, 1.165) is 11.3 Å². The van der Waals surface area contributed by atoms with E-state index in [1.165, 1.54) is 5.38 Å². The monoisotopic (exact) mass is 216 g/mol. The Bertz CT molecular complexity index is 307. The van der Waals surface area contributed by atoms with Gasteiger partial charge in [0.2, 0.25) is 0 Å². The summed E-state index contributed by atoms with van der Waals surface area (Å²) in [5.41, 5.74) is 0. The van der Waals surface area contributed by atoms with E-state index in [1.807, 2.05) is 0 Å². The van der Waals surface area contributed by atoms with E-state index in [-0.39, 0.29) is 9.23 Å². The van der Waals surface area contributed by atoms with Crippen LogP contribution in [-0.4, -0.2) is 8.42 Å². The third-order valence-electron chi connectivity index (χ3n) is 0.837. The van der Waals surface area contributed by atoms with Gasteiger partial charge in [-0.1, -0.05) is 23.2 Å². The van der Waals surface area contributed by atoms with Gasteiger partial charge in [-0.2, -0.15) is 0 Å². The number of hydrogen-bond acceptors (Lipinski definition) is 3. The van der Waals surface area contributed by atoms with Gasteiger partial charge >= 0.3 is 0 Å². The SMILES string of the molecule is O=[SH](=O)c1scc(Cl)c1Cl. The molecule has 0 aromatic carbocycles. The second-order valence-corrected chi connectivity index (χ2v) is 4.39. The Kier molecular flexibility index (Phi) is 2.57. The van der Waals surface area contributed by atoms with Crippen molar-refractivity contribution in [2.75, 3.05) is 0 Å². The van der Waals surface area contributed by atoms with E-state index in [9.17, 15) is 8.42 Å². The molecule has 6 heteroatoms. The number of rotatable bonds is 1. The van der Waals surface area contributed by atoms with E-state index in [0.29, 0.717) is 5.02 Å². The average Bonchev–Trinajstić information content (AvgIpc) is 2.14. The van der Waals surface area contributed by atoms with Crippen molar-refractivity contribution >= 4 is 45.2 Å². The summed E-state index contributed by atoms with van der Waals surface area (Å²) >= 11 is 12.0. The van der Waals surface area contributed by atoms with Crippen LogP contribution in [0, 0.1) is 0 Å². The van der Waals surface area contributed by atoms with Crippen LogP contribution in [-0.2, 0) is 10.7 Å². The molecule has 0 N–H and O–H groups in total. The third kappa shape index (κ3) is 1.45. The number of halogens is 2. The predicted octanol–water partition coefficient (Wildman–Crippen LogP) is 2.03. The summed E-state index contributed by atoms with van der Waals surface area (Å²) in [5.74, 6) is 0. The van der Waals surface area contributed by atoms with Crippen molar-refractivity contribution in [2.24, 2.45) is 0 Å². The predicted molar refractivity (Wildman–Crippen MR) is 42.9 cm³/mol.